The monoisotopic (exact) mass is 510 g/mol. The Morgan fingerprint density at radius 2 is 1.88 bits per heavy atom. The maximum Gasteiger partial charge on any atom is 0.276 e. The molecule has 164 valence electrons. The van der Waals surface area contributed by atoms with Gasteiger partial charge in [0.1, 0.15) is 29.6 Å². The van der Waals surface area contributed by atoms with Gasteiger partial charge in [-0.1, -0.05) is 47.3 Å². The standard InChI is InChI=1S/C25H23BrN2O3S/c26-18-8-6-17-13-20(9-7-16(17)12-18)30-15-22-11-10-21(31-22)14-23-24(29)28(25(32)27-23)19-4-2-1-3-5-19/h6-14,19H,1-5,15H2,(H,27,32)/b23-14+. The molecule has 1 N–H and O–H groups in total. The normalized spacial score (nSPS) is 18.5. The van der Waals surface area contributed by atoms with Crippen LogP contribution in [0.5, 0.6) is 5.75 Å². The lowest BCUT2D eigenvalue weighted by Crippen LogP contribution is -2.41. The van der Waals surface area contributed by atoms with Crippen LogP contribution in [0.1, 0.15) is 43.6 Å². The largest absolute Gasteiger partial charge is 0.486 e. The molecule has 1 amide bonds. The van der Waals surface area contributed by atoms with Gasteiger partial charge in [0.15, 0.2) is 5.11 Å². The van der Waals surface area contributed by atoms with Crippen LogP contribution in [0, 0.1) is 0 Å². The molecule has 2 aliphatic rings. The number of hydrogen-bond donors (Lipinski definition) is 1. The van der Waals surface area contributed by atoms with E-state index in [1.807, 2.05) is 36.4 Å². The van der Waals surface area contributed by atoms with Crippen LogP contribution < -0.4 is 10.1 Å². The van der Waals surface area contributed by atoms with Crippen molar-refractivity contribution in [1.82, 2.24) is 10.2 Å². The molecule has 2 aromatic carbocycles. The topological polar surface area (TPSA) is 54.7 Å². The summed E-state index contributed by atoms with van der Waals surface area (Å²) in [6.07, 6.45) is 7.26. The van der Waals surface area contributed by atoms with E-state index in [-0.39, 0.29) is 11.9 Å². The van der Waals surface area contributed by atoms with Crippen molar-refractivity contribution in [3.05, 3.63) is 70.2 Å². The van der Waals surface area contributed by atoms with Crippen LogP contribution in [-0.4, -0.2) is 22.0 Å². The lowest BCUT2D eigenvalue weighted by atomic mass is 9.94. The molecule has 0 bridgehead atoms. The maximum atomic E-state index is 12.9. The summed E-state index contributed by atoms with van der Waals surface area (Å²) in [6, 6.07) is 16.0. The first-order valence-electron chi connectivity index (χ1n) is 10.8. The molecule has 5 rings (SSSR count). The average molecular weight is 511 g/mol. The summed E-state index contributed by atoms with van der Waals surface area (Å²) in [7, 11) is 0. The molecule has 1 aromatic heterocycles. The zero-order valence-electron chi connectivity index (χ0n) is 17.5. The minimum absolute atomic E-state index is 0.0705. The Bertz CT molecular complexity index is 1210. The Hall–Kier alpha value is -2.64. The molecule has 0 radical (unpaired) electrons. The number of rotatable bonds is 5. The zero-order valence-corrected chi connectivity index (χ0v) is 19.9. The minimum atomic E-state index is -0.0705. The second kappa shape index (κ2) is 9.08. The molecule has 1 saturated carbocycles. The molecular formula is C25H23BrN2O3S. The quantitative estimate of drug-likeness (QED) is 0.328. The van der Waals surface area contributed by atoms with Crippen molar-refractivity contribution in [2.75, 3.05) is 0 Å². The SMILES string of the molecule is O=C1/C(=C\c2ccc(COc3ccc4cc(Br)ccc4c3)o2)NC(=S)N1C1CCCCC1. The van der Waals surface area contributed by atoms with Crippen LogP contribution in [0.2, 0.25) is 0 Å². The molecule has 1 aliphatic carbocycles. The third kappa shape index (κ3) is 4.45. The molecule has 32 heavy (non-hydrogen) atoms. The highest BCUT2D eigenvalue weighted by Gasteiger charge is 2.36. The van der Waals surface area contributed by atoms with E-state index in [9.17, 15) is 4.79 Å². The highest BCUT2D eigenvalue weighted by atomic mass is 79.9. The first-order chi connectivity index (χ1) is 15.6. The van der Waals surface area contributed by atoms with E-state index in [0.717, 1.165) is 46.7 Å². The van der Waals surface area contributed by atoms with Crippen molar-refractivity contribution >= 4 is 56.0 Å². The minimum Gasteiger partial charge on any atom is -0.486 e. The number of halogens is 1. The summed E-state index contributed by atoms with van der Waals surface area (Å²) in [5, 5.41) is 5.81. The molecule has 1 aliphatic heterocycles. The van der Waals surface area contributed by atoms with Gasteiger partial charge >= 0.3 is 0 Å². The van der Waals surface area contributed by atoms with Gasteiger partial charge in [0.2, 0.25) is 0 Å². The van der Waals surface area contributed by atoms with Gasteiger partial charge in [-0.3, -0.25) is 9.69 Å². The third-order valence-corrected chi connectivity index (χ3v) is 6.77. The number of fused-ring (bicyclic) bond motifs is 1. The van der Waals surface area contributed by atoms with Gasteiger partial charge in [-0.05, 0) is 72.2 Å². The summed E-state index contributed by atoms with van der Waals surface area (Å²) in [5.74, 6) is 1.98. The molecule has 1 saturated heterocycles. The number of carbonyl (C=O) groups is 1. The molecular weight excluding hydrogens is 488 g/mol. The van der Waals surface area contributed by atoms with E-state index in [4.69, 9.17) is 21.4 Å². The fourth-order valence-electron chi connectivity index (χ4n) is 4.35. The predicted octanol–water partition coefficient (Wildman–Crippen LogP) is 6.16. The van der Waals surface area contributed by atoms with Gasteiger partial charge in [-0.25, -0.2) is 0 Å². The second-order valence-electron chi connectivity index (χ2n) is 8.20. The summed E-state index contributed by atoms with van der Waals surface area (Å²) in [5.41, 5.74) is 0.461. The Balaban J connectivity index is 1.25. The number of thiocarbonyl (C=S) groups is 1. The first kappa shape index (κ1) is 21.2. The lowest BCUT2D eigenvalue weighted by Gasteiger charge is -2.29. The van der Waals surface area contributed by atoms with Crippen molar-refractivity contribution < 1.29 is 13.9 Å². The highest BCUT2D eigenvalue weighted by Crippen LogP contribution is 2.28. The number of amides is 1. The van der Waals surface area contributed by atoms with Crippen LogP contribution in [-0.2, 0) is 11.4 Å². The number of ether oxygens (including phenoxy) is 1. The van der Waals surface area contributed by atoms with Crippen LogP contribution in [0.15, 0.2) is 63.1 Å². The number of hydrogen-bond acceptors (Lipinski definition) is 4. The zero-order chi connectivity index (χ0) is 22.1. The molecule has 3 aromatic rings. The molecule has 2 heterocycles. The van der Waals surface area contributed by atoms with Gasteiger partial charge in [0.05, 0.1) is 0 Å². The second-order valence-corrected chi connectivity index (χ2v) is 9.50. The Kier molecular flexibility index (Phi) is 6.02. The van der Waals surface area contributed by atoms with E-state index < -0.39 is 0 Å². The third-order valence-electron chi connectivity index (χ3n) is 5.97. The molecule has 0 spiro atoms. The van der Waals surface area contributed by atoms with E-state index in [1.54, 1.807) is 11.0 Å². The van der Waals surface area contributed by atoms with Gasteiger partial charge in [0.25, 0.3) is 5.91 Å². The fourth-order valence-corrected chi connectivity index (χ4v) is 5.07. The van der Waals surface area contributed by atoms with Crippen LogP contribution >= 0.6 is 28.1 Å². The van der Waals surface area contributed by atoms with Gasteiger partial charge < -0.3 is 14.5 Å². The Morgan fingerprint density at radius 1 is 1.09 bits per heavy atom. The van der Waals surface area contributed by atoms with Crippen LogP contribution in [0.4, 0.5) is 0 Å². The van der Waals surface area contributed by atoms with Crippen molar-refractivity contribution in [1.29, 1.82) is 0 Å². The van der Waals surface area contributed by atoms with Gasteiger partial charge in [-0.15, -0.1) is 0 Å². The molecule has 7 heteroatoms. The fraction of sp³-hybridized carbons (Fsp3) is 0.280. The van der Waals surface area contributed by atoms with E-state index in [1.165, 1.54) is 6.42 Å². The van der Waals surface area contributed by atoms with Crippen molar-refractivity contribution in [3.8, 4) is 5.75 Å². The van der Waals surface area contributed by atoms with Gasteiger partial charge in [0, 0.05) is 16.6 Å². The summed E-state index contributed by atoms with van der Waals surface area (Å²) >= 11 is 8.93. The highest BCUT2D eigenvalue weighted by molar-refractivity contribution is 9.10. The molecule has 0 unspecified atom stereocenters. The first-order valence-corrected chi connectivity index (χ1v) is 12.0. The number of carbonyl (C=O) groups excluding carboxylic acids is 1. The molecule has 0 atom stereocenters. The molecule has 5 nitrogen and oxygen atoms in total. The van der Waals surface area contributed by atoms with Crippen molar-refractivity contribution in [2.45, 2.75) is 44.8 Å². The van der Waals surface area contributed by atoms with Crippen molar-refractivity contribution in [3.63, 3.8) is 0 Å². The lowest BCUT2D eigenvalue weighted by molar-refractivity contribution is -0.124. The molecule has 2 fully saturated rings. The maximum absolute atomic E-state index is 12.9. The number of nitrogens with zero attached hydrogens (tertiary/aromatic N) is 1. The summed E-state index contributed by atoms with van der Waals surface area (Å²) < 4.78 is 12.8. The summed E-state index contributed by atoms with van der Waals surface area (Å²) in [4.78, 5) is 14.6. The van der Waals surface area contributed by atoms with E-state index in [2.05, 4.69) is 33.4 Å². The Labute approximate surface area is 200 Å². The van der Waals surface area contributed by atoms with Crippen molar-refractivity contribution in [2.24, 2.45) is 0 Å². The van der Waals surface area contributed by atoms with E-state index >= 15 is 0 Å². The predicted molar refractivity (Wildman–Crippen MR) is 132 cm³/mol. The number of benzene rings is 2. The smallest absolute Gasteiger partial charge is 0.276 e. The summed E-state index contributed by atoms with van der Waals surface area (Å²) in [6.45, 7) is 0.305. The van der Waals surface area contributed by atoms with Gasteiger partial charge in [-0.2, -0.15) is 0 Å². The Morgan fingerprint density at radius 3 is 2.72 bits per heavy atom. The van der Waals surface area contributed by atoms with Crippen LogP contribution in [0.3, 0.4) is 0 Å². The number of nitrogens with one attached hydrogen (secondary N) is 1. The van der Waals surface area contributed by atoms with Crippen LogP contribution in [0.25, 0.3) is 16.8 Å². The number of furan rings is 1. The van der Waals surface area contributed by atoms with E-state index in [0.29, 0.717) is 28.9 Å². The average Bonchev–Trinajstić information content (AvgIpc) is 3.36.